The molecular weight excluding hydrogens is 288 g/mol. The third-order valence-electron chi connectivity index (χ3n) is 3.93. The zero-order chi connectivity index (χ0) is 16.3. The maximum atomic E-state index is 12.0. The van der Waals surface area contributed by atoms with E-state index in [2.05, 4.69) is 0 Å². The average Bonchev–Trinajstić information content (AvgIpc) is 2.43. The van der Waals surface area contributed by atoms with E-state index < -0.39 is 21.1 Å². The van der Waals surface area contributed by atoms with Gasteiger partial charge >= 0.3 is 5.97 Å². The van der Waals surface area contributed by atoms with Gasteiger partial charge < -0.3 is 4.74 Å². The second-order valence-corrected chi connectivity index (χ2v) is 8.26. The Morgan fingerprint density at radius 3 is 2.19 bits per heavy atom. The summed E-state index contributed by atoms with van der Waals surface area (Å²) in [6.07, 6.45) is 1.28. The lowest BCUT2D eigenvalue weighted by molar-refractivity contribution is -0.151. The summed E-state index contributed by atoms with van der Waals surface area (Å²) in [7, 11) is -3.44. The fourth-order valence-electron chi connectivity index (χ4n) is 2.21. The van der Waals surface area contributed by atoms with Crippen molar-refractivity contribution in [1.82, 2.24) is 0 Å². The van der Waals surface area contributed by atoms with Crippen molar-refractivity contribution in [2.75, 3.05) is 6.26 Å². The molecule has 1 aromatic rings. The molecule has 0 fully saturated rings. The van der Waals surface area contributed by atoms with Gasteiger partial charge in [0.1, 0.15) is 6.10 Å². The van der Waals surface area contributed by atoms with E-state index in [9.17, 15) is 13.2 Å². The van der Waals surface area contributed by atoms with Crippen LogP contribution in [0.15, 0.2) is 30.3 Å². The molecule has 4 nitrogen and oxygen atoms in total. The molecule has 5 heteroatoms. The van der Waals surface area contributed by atoms with Crippen molar-refractivity contribution >= 4 is 15.8 Å². The van der Waals surface area contributed by atoms with Gasteiger partial charge in [-0.1, -0.05) is 51.1 Å². The zero-order valence-corrected chi connectivity index (χ0v) is 14.1. The van der Waals surface area contributed by atoms with E-state index in [0.717, 1.165) is 11.8 Å². The summed E-state index contributed by atoms with van der Waals surface area (Å²) in [5.41, 5.74) is 0.666. The lowest BCUT2D eigenvalue weighted by atomic mass is 9.78. The first-order chi connectivity index (χ1) is 9.60. The van der Waals surface area contributed by atoms with Gasteiger partial charge in [0.25, 0.3) is 0 Å². The molecule has 0 aromatic heterocycles. The summed E-state index contributed by atoms with van der Waals surface area (Å²) in [6.45, 7) is 7.28. The van der Waals surface area contributed by atoms with Crippen LogP contribution < -0.4 is 0 Å². The number of rotatable bonds is 6. The highest BCUT2D eigenvalue weighted by Gasteiger charge is 2.35. The third-order valence-corrected chi connectivity index (χ3v) is 5.40. The maximum Gasteiger partial charge on any atom is 0.324 e. The van der Waals surface area contributed by atoms with E-state index in [0.29, 0.717) is 6.42 Å². The fraction of sp³-hybridized carbons (Fsp3) is 0.562. The van der Waals surface area contributed by atoms with E-state index in [1.165, 1.54) is 6.92 Å². The second kappa shape index (κ2) is 6.60. The highest BCUT2D eigenvalue weighted by molar-refractivity contribution is 7.92. The van der Waals surface area contributed by atoms with Crippen molar-refractivity contribution < 1.29 is 17.9 Å². The summed E-state index contributed by atoms with van der Waals surface area (Å²) >= 11 is 0. The Labute approximate surface area is 127 Å². The van der Waals surface area contributed by atoms with Crippen LogP contribution in [0.2, 0.25) is 0 Å². The fourth-order valence-corrected chi connectivity index (χ4v) is 2.61. The smallest absolute Gasteiger partial charge is 0.324 e. The van der Waals surface area contributed by atoms with Crippen molar-refractivity contribution in [3.8, 4) is 0 Å². The molecule has 0 heterocycles. The number of hydrogen-bond donors (Lipinski definition) is 0. The van der Waals surface area contributed by atoms with Crippen LogP contribution in [-0.4, -0.2) is 32.0 Å². The number of carbonyl (C=O) groups is 1. The number of carbonyl (C=O) groups excluding carboxylic acids is 1. The Morgan fingerprint density at radius 2 is 1.76 bits per heavy atom. The van der Waals surface area contributed by atoms with Gasteiger partial charge in [0.15, 0.2) is 15.1 Å². The van der Waals surface area contributed by atoms with Crippen molar-refractivity contribution in [2.24, 2.45) is 0 Å². The van der Waals surface area contributed by atoms with Crippen molar-refractivity contribution in [3.63, 3.8) is 0 Å². The molecule has 0 spiro atoms. The molecule has 1 aromatic carbocycles. The molecule has 0 N–H and O–H groups in total. The van der Waals surface area contributed by atoms with Crippen molar-refractivity contribution in [3.05, 3.63) is 35.9 Å². The molecule has 0 bridgehead atoms. The number of hydrogen-bond acceptors (Lipinski definition) is 4. The minimum absolute atomic E-state index is 0.378. The molecular formula is C16H24O4S. The van der Waals surface area contributed by atoms with Crippen LogP contribution in [0.4, 0.5) is 0 Å². The molecule has 0 saturated carbocycles. The maximum absolute atomic E-state index is 12.0. The lowest BCUT2D eigenvalue weighted by Gasteiger charge is -2.34. The van der Waals surface area contributed by atoms with Gasteiger partial charge in [-0.2, -0.15) is 0 Å². The number of ether oxygens (including phenoxy) is 1. The third kappa shape index (κ3) is 4.30. The standard InChI is InChI=1S/C16H24O4S/c1-6-14(20-15(17)12(2)21(5,18)19)16(3,4)13-10-8-7-9-11-13/h7-12,14H,6H2,1-5H3/t12-,14-/m0/s1. The van der Waals surface area contributed by atoms with Crippen LogP contribution >= 0.6 is 0 Å². The quantitative estimate of drug-likeness (QED) is 0.758. The largest absolute Gasteiger partial charge is 0.461 e. The molecule has 0 saturated heterocycles. The van der Waals surface area contributed by atoms with Crippen molar-refractivity contribution in [1.29, 1.82) is 0 Å². The van der Waals surface area contributed by atoms with Gasteiger partial charge in [0.05, 0.1) is 0 Å². The van der Waals surface area contributed by atoms with Crippen LogP contribution in [0.3, 0.4) is 0 Å². The number of benzene rings is 1. The van der Waals surface area contributed by atoms with Crippen LogP contribution in [0.25, 0.3) is 0 Å². The Kier molecular flexibility index (Phi) is 5.56. The van der Waals surface area contributed by atoms with Crippen molar-refractivity contribution in [2.45, 2.75) is 50.9 Å². The molecule has 0 amide bonds. The van der Waals surface area contributed by atoms with Gasteiger partial charge in [-0.15, -0.1) is 0 Å². The zero-order valence-electron chi connectivity index (χ0n) is 13.3. The van der Waals surface area contributed by atoms with E-state index in [1.54, 1.807) is 0 Å². The monoisotopic (exact) mass is 312 g/mol. The Balaban J connectivity index is 2.96. The summed E-state index contributed by atoms with van der Waals surface area (Å²) in [6, 6.07) is 9.76. The molecule has 118 valence electrons. The molecule has 0 aliphatic rings. The minimum atomic E-state index is -3.44. The summed E-state index contributed by atoms with van der Waals surface area (Å²) in [5, 5.41) is -1.14. The van der Waals surface area contributed by atoms with E-state index in [4.69, 9.17) is 4.74 Å². The molecule has 0 radical (unpaired) electrons. The van der Waals surface area contributed by atoms with Crippen LogP contribution in [-0.2, 0) is 24.8 Å². The van der Waals surface area contributed by atoms with Crippen LogP contribution in [0.1, 0.15) is 39.7 Å². The molecule has 0 unspecified atom stereocenters. The predicted molar refractivity (Wildman–Crippen MR) is 83.9 cm³/mol. The first-order valence-electron chi connectivity index (χ1n) is 7.05. The van der Waals surface area contributed by atoms with E-state index >= 15 is 0 Å². The average molecular weight is 312 g/mol. The highest BCUT2D eigenvalue weighted by atomic mass is 32.2. The molecule has 1 rings (SSSR count). The summed E-state index contributed by atoms with van der Waals surface area (Å²) < 4.78 is 28.4. The van der Waals surface area contributed by atoms with E-state index in [-0.39, 0.29) is 11.5 Å². The van der Waals surface area contributed by atoms with Gasteiger partial charge in [0.2, 0.25) is 0 Å². The Hall–Kier alpha value is -1.36. The molecule has 0 aliphatic carbocycles. The lowest BCUT2D eigenvalue weighted by Crippen LogP contribution is -2.40. The highest BCUT2D eigenvalue weighted by Crippen LogP contribution is 2.31. The number of esters is 1. The summed E-state index contributed by atoms with van der Waals surface area (Å²) in [4.78, 5) is 12.0. The predicted octanol–water partition coefficient (Wildman–Crippen LogP) is 2.72. The van der Waals surface area contributed by atoms with Gasteiger partial charge in [-0.25, -0.2) is 8.42 Å². The first kappa shape index (κ1) is 17.7. The Bertz CT molecular complexity index is 576. The molecule has 2 atom stereocenters. The van der Waals surface area contributed by atoms with Gasteiger partial charge in [-0.05, 0) is 18.9 Å². The SMILES string of the molecule is CC[C@H](OC(=O)[C@H](C)S(C)(=O)=O)C(C)(C)c1ccccc1. The minimum Gasteiger partial charge on any atom is -0.461 e. The van der Waals surface area contributed by atoms with Gasteiger partial charge in [0, 0.05) is 11.7 Å². The normalized spacial score (nSPS) is 15.3. The first-order valence-corrected chi connectivity index (χ1v) is 9.01. The number of sulfone groups is 1. The molecule has 21 heavy (non-hydrogen) atoms. The Morgan fingerprint density at radius 1 is 1.24 bits per heavy atom. The van der Waals surface area contributed by atoms with Gasteiger partial charge in [-0.3, -0.25) is 4.79 Å². The topological polar surface area (TPSA) is 60.4 Å². The molecule has 0 aliphatic heterocycles. The second-order valence-electron chi connectivity index (χ2n) is 5.89. The van der Waals surface area contributed by atoms with Crippen LogP contribution in [0.5, 0.6) is 0 Å². The van der Waals surface area contributed by atoms with E-state index in [1.807, 2.05) is 51.1 Å². The van der Waals surface area contributed by atoms with Crippen LogP contribution in [0, 0.1) is 0 Å². The summed E-state index contributed by atoms with van der Waals surface area (Å²) in [5.74, 6) is -0.687.